The van der Waals surface area contributed by atoms with Crippen LogP contribution in [-0.4, -0.2) is 50.0 Å². The van der Waals surface area contributed by atoms with E-state index < -0.39 is 6.36 Å². The second kappa shape index (κ2) is 12.8. The minimum atomic E-state index is -4.77. The lowest BCUT2D eigenvalue weighted by atomic mass is 10.0. The van der Waals surface area contributed by atoms with Gasteiger partial charge in [-0.2, -0.15) is 15.2 Å². The predicted octanol–water partition coefficient (Wildman–Crippen LogP) is 7.24. The molecule has 0 saturated carbocycles. The number of amides is 1. The lowest BCUT2D eigenvalue weighted by molar-refractivity contribution is -0.274. The number of hydrogen-bond donors (Lipinski definition) is 2. The van der Waals surface area contributed by atoms with Gasteiger partial charge in [-0.15, -0.1) is 13.2 Å². The van der Waals surface area contributed by atoms with Crippen molar-refractivity contribution in [3.05, 3.63) is 101 Å². The van der Waals surface area contributed by atoms with Crippen molar-refractivity contribution in [1.82, 2.24) is 14.8 Å². The van der Waals surface area contributed by atoms with Gasteiger partial charge in [-0.1, -0.05) is 55.9 Å². The number of benzene rings is 3. The first-order chi connectivity index (χ1) is 21.0. The van der Waals surface area contributed by atoms with Crippen LogP contribution in [0.3, 0.4) is 0 Å². The smallest absolute Gasteiger partial charge is 0.406 e. The summed E-state index contributed by atoms with van der Waals surface area (Å²) in [6.45, 7) is 5.95. The molecule has 2 heterocycles. The van der Waals surface area contributed by atoms with Crippen molar-refractivity contribution >= 4 is 46.3 Å². The Kier molecular flexibility index (Phi) is 8.86. The van der Waals surface area contributed by atoms with E-state index >= 15 is 0 Å². The molecule has 0 radical (unpaired) electrons. The summed E-state index contributed by atoms with van der Waals surface area (Å²) in [5.74, 6) is 0.0845. The van der Waals surface area contributed by atoms with Crippen LogP contribution in [0.25, 0.3) is 5.69 Å². The topological polar surface area (TPSA) is 108 Å². The molecule has 1 amide bonds. The number of aryl methyl sites for hydroxylation is 1. The van der Waals surface area contributed by atoms with Crippen LogP contribution in [0.4, 0.5) is 24.5 Å². The summed E-state index contributed by atoms with van der Waals surface area (Å²) in [5.41, 5.74) is 4.93. The van der Waals surface area contributed by atoms with Crippen LogP contribution in [-0.2, 0) is 4.79 Å². The van der Waals surface area contributed by atoms with Gasteiger partial charge in [0.1, 0.15) is 11.6 Å². The number of thioether (sulfide) groups is 1. The number of nitrogens with zero attached hydrogens (tertiary/aromatic N) is 5. The van der Waals surface area contributed by atoms with E-state index in [0.717, 1.165) is 22.5 Å². The number of aromatic nitrogens is 2. The monoisotopic (exact) mass is 619 g/mol. The van der Waals surface area contributed by atoms with Gasteiger partial charge in [-0.05, 0) is 66.4 Å². The maximum atomic E-state index is 12.6. The summed E-state index contributed by atoms with van der Waals surface area (Å²) in [7, 11) is 0. The molecule has 3 aromatic carbocycles. The third-order valence-corrected chi connectivity index (χ3v) is 7.44. The number of anilines is 1. The molecule has 9 nitrogen and oxygen atoms in total. The first kappa shape index (κ1) is 30.5. The normalized spacial score (nSPS) is 14.7. The second-order valence-electron chi connectivity index (χ2n) is 10.1. The van der Waals surface area contributed by atoms with E-state index in [-0.39, 0.29) is 29.2 Å². The Morgan fingerprint density at radius 3 is 2.48 bits per heavy atom. The fourth-order valence-electron chi connectivity index (χ4n) is 4.36. The van der Waals surface area contributed by atoms with E-state index in [0.29, 0.717) is 22.1 Å². The molecule has 5 rings (SSSR count). The van der Waals surface area contributed by atoms with Gasteiger partial charge in [0.05, 0.1) is 34.6 Å². The van der Waals surface area contributed by atoms with Gasteiger partial charge >= 0.3 is 6.36 Å². The molecule has 1 aliphatic rings. The first-order valence-corrected chi connectivity index (χ1v) is 14.5. The number of carbonyl (C=O) groups is 1. The predicted molar refractivity (Wildman–Crippen MR) is 166 cm³/mol. The quantitative estimate of drug-likeness (QED) is 0.160. The van der Waals surface area contributed by atoms with Crippen molar-refractivity contribution in [1.29, 1.82) is 5.41 Å². The standard InChI is InChI=1S/C31H28F3N7O2S/c1-19(2)25-6-4-5-7-27(25)38-30-41(28(42)18-44-30)36-16-21-8-12-23(13-9-21)40-17-26(20(3)39-40)29(35)37-22-10-14-24(15-11-22)43-31(32,33)34/h4-17,19H,18H2,1-3H3,(H2,35,37)/b36-16+,38-30-. The molecule has 0 spiro atoms. The lowest BCUT2D eigenvalue weighted by Gasteiger charge is -2.12. The molecule has 4 aromatic rings. The van der Waals surface area contributed by atoms with Gasteiger partial charge in [0.2, 0.25) is 0 Å². The highest BCUT2D eigenvalue weighted by Crippen LogP contribution is 2.30. The molecule has 1 fully saturated rings. The number of alkyl halides is 3. The summed E-state index contributed by atoms with van der Waals surface area (Å²) in [5, 5.41) is 22.1. The zero-order valence-electron chi connectivity index (χ0n) is 24.0. The maximum Gasteiger partial charge on any atom is 0.573 e. The molecule has 44 heavy (non-hydrogen) atoms. The third-order valence-electron chi connectivity index (χ3n) is 6.52. The Balaban J connectivity index is 1.26. The Morgan fingerprint density at radius 1 is 1.09 bits per heavy atom. The van der Waals surface area contributed by atoms with E-state index in [1.165, 1.54) is 41.0 Å². The van der Waals surface area contributed by atoms with Crippen molar-refractivity contribution in [3.8, 4) is 11.4 Å². The van der Waals surface area contributed by atoms with E-state index in [4.69, 9.17) is 10.4 Å². The molecule has 1 aliphatic heterocycles. The minimum absolute atomic E-state index is 0.0311. The maximum absolute atomic E-state index is 12.6. The summed E-state index contributed by atoms with van der Waals surface area (Å²) in [6.07, 6.45) is -1.49. The number of para-hydroxylation sites is 1. The van der Waals surface area contributed by atoms with Gasteiger partial charge in [-0.3, -0.25) is 10.2 Å². The summed E-state index contributed by atoms with van der Waals surface area (Å²) < 4.78 is 42.7. The Bertz CT molecular complexity index is 1730. The van der Waals surface area contributed by atoms with Gasteiger partial charge in [0.25, 0.3) is 5.91 Å². The van der Waals surface area contributed by atoms with E-state index in [1.807, 2.05) is 48.5 Å². The van der Waals surface area contributed by atoms with Crippen LogP contribution in [0, 0.1) is 12.3 Å². The Labute approximate surface area is 256 Å². The number of aliphatic imine (C=N–C) groups is 1. The zero-order chi connectivity index (χ0) is 31.4. The number of nitrogens with one attached hydrogen (secondary N) is 2. The molecule has 1 saturated heterocycles. The van der Waals surface area contributed by atoms with Crippen LogP contribution in [0.2, 0.25) is 0 Å². The average molecular weight is 620 g/mol. The number of amidine groups is 2. The molecular formula is C31H28F3N7O2S. The van der Waals surface area contributed by atoms with E-state index in [2.05, 4.69) is 34.1 Å². The van der Waals surface area contributed by atoms with E-state index in [9.17, 15) is 18.0 Å². The highest BCUT2D eigenvalue weighted by atomic mass is 32.2. The zero-order valence-corrected chi connectivity index (χ0v) is 24.8. The molecule has 0 unspecified atom stereocenters. The molecule has 0 atom stereocenters. The molecule has 13 heteroatoms. The summed E-state index contributed by atoms with van der Waals surface area (Å²) in [4.78, 5) is 17.3. The van der Waals surface area contributed by atoms with Crippen LogP contribution >= 0.6 is 11.8 Å². The number of carbonyl (C=O) groups excluding carboxylic acids is 1. The second-order valence-corrected chi connectivity index (χ2v) is 11.0. The summed E-state index contributed by atoms with van der Waals surface area (Å²) in [6, 6.07) is 20.3. The van der Waals surface area contributed by atoms with E-state index in [1.54, 1.807) is 24.0 Å². The fraction of sp³-hybridized carbons (Fsp3) is 0.194. The van der Waals surface area contributed by atoms with Gasteiger partial charge < -0.3 is 10.1 Å². The fourth-order valence-corrected chi connectivity index (χ4v) is 5.17. The number of hydrazone groups is 1. The van der Waals surface area contributed by atoms with Crippen molar-refractivity contribution in [2.75, 3.05) is 11.1 Å². The first-order valence-electron chi connectivity index (χ1n) is 13.5. The Morgan fingerprint density at radius 2 is 1.80 bits per heavy atom. The number of rotatable bonds is 8. The average Bonchev–Trinajstić information content (AvgIpc) is 3.54. The SMILES string of the molecule is Cc1nn(-c2ccc(/C=N/N3C(=O)CS/C3=N\c3ccccc3C(C)C)cc2)cc1C(=N)Nc1ccc(OC(F)(F)F)cc1. The number of halogens is 3. The van der Waals surface area contributed by atoms with Crippen LogP contribution in [0.1, 0.15) is 42.1 Å². The van der Waals surface area contributed by atoms with Crippen molar-refractivity contribution < 1.29 is 22.7 Å². The number of ether oxygens (including phenoxy) is 1. The highest BCUT2D eigenvalue weighted by molar-refractivity contribution is 8.15. The van der Waals surface area contributed by atoms with Crippen LogP contribution in [0.5, 0.6) is 5.75 Å². The molecule has 1 aromatic heterocycles. The highest BCUT2D eigenvalue weighted by Gasteiger charge is 2.31. The molecule has 226 valence electrons. The summed E-state index contributed by atoms with van der Waals surface area (Å²) >= 11 is 1.35. The lowest BCUT2D eigenvalue weighted by Crippen LogP contribution is -2.23. The van der Waals surface area contributed by atoms with Crippen LogP contribution < -0.4 is 10.1 Å². The Hall–Kier alpha value is -4.91. The van der Waals surface area contributed by atoms with Gasteiger partial charge in [0.15, 0.2) is 5.17 Å². The van der Waals surface area contributed by atoms with Crippen molar-refractivity contribution in [3.63, 3.8) is 0 Å². The van der Waals surface area contributed by atoms with Gasteiger partial charge in [-0.25, -0.2) is 9.67 Å². The molecule has 2 N–H and O–H groups in total. The molecule has 0 aliphatic carbocycles. The minimum Gasteiger partial charge on any atom is -0.406 e. The number of hydrogen-bond acceptors (Lipinski definition) is 7. The van der Waals surface area contributed by atoms with Crippen LogP contribution in [0.15, 0.2) is 89.1 Å². The molecule has 0 bridgehead atoms. The molecular weight excluding hydrogens is 591 g/mol. The third kappa shape index (κ3) is 7.35. The van der Waals surface area contributed by atoms with Gasteiger partial charge in [0, 0.05) is 11.9 Å². The largest absolute Gasteiger partial charge is 0.573 e. The van der Waals surface area contributed by atoms with Crippen molar-refractivity contribution in [2.45, 2.75) is 33.1 Å². The van der Waals surface area contributed by atoms with Crippen molar-refractivity contribution in [2.24, 2.45) is 10.1 Å².